The molecule has 0 atom stereocenters. The van der Waals surface area contributed by atoms with E-state index in [1.165, 1.54) is 6.42 Å². The second kappa shape index (κ2) is 6.56. The van der Waals surface area contributed by atoms with Crippen LogP contribution in [0.3, 0.4) is 0 Å². The fourth-order valence-corrected chi connectivity index (χ4v) is 0.717. The molecule has 0 aliphatic rings. The van der Waals surface area contributed by atoms with Crippen LogP contribution in [0, 0.1) is 5.92 Å². The van der Waals surface area contributed by atoms with Gasteiger partial charge in [0.1, 0.15) is 0 Å². The van der Waals surface area contributed by atoms with Crippen molar-refractivity contribution in [2.45, 2.75) is 53.4 Å². The molecule has 0 aromatic carbocycles. The third-order valence-corrected chi connectivity index (χ3v) is 0.767. The Morgan fingerprint density at radius 1 is 1.18 bits per heavy atom. The van der Waals surface area contributed by atoms with E-state index in [9.17, 15) is 8.78 Å². The molecule has 0 saturated carbocycles. The second-order valence-electron chi connectivity index (χ2n) is 3.38. The first kappa shape index (κ1) is 13.4. The Hall–Kier alpha value is -0.140. The lowest BCUT2D eigenvalue weighted by molar-refractivity contribution is 0.000981. The van der Waals surface area contributed by atoms with Gasteiger partial charge in [0.2, 0.25) is 5.92 Å². The Labute approximate surface area is 69.0 Å². The van der Waals surface area contributed by atoms with Crippen molar-refractivity contribution in [2.75, 3.05) is 0 Å². The van der Waals surface area contributed by atoms with Gasteiger partial charge < -0.3 is 0 Å². The molecule has 0 aliphatic carbocycles. The summed E-state index contributed by atoms with van der Waals surface area (Å²) in [6.45, 7) is 8.78. The van der Waals surface area contributed by atoms with E-state index >= 15 is 0 Å². The van der Waals surface area contributed by atoms with Gasteiger partial charge in [0.05, 0.1) is 0 Å². The van der Waals surface area contributed by atoms with Crippen LogP contribution in [-0.4, -0.2) is 5.92 Å². The van der Waals surface area contributed by atoms with Gasteiger partial charge in [0.15, 0.2) is 0 Å². The number of alkyl halides is 2. The molecule has 0 rings (SSSR count). The first-order valence-electron chi connectivity index (χ1n) is 4.21. The molecule has 0 spiro atoms. The summed E-state index contributed by atoms with van der Waals surface area (Å²) in [6.07, 6.45) is 1.24. The molecule has 0 nitrogen and oxygen atoms in total. The van der Waals surface area contributed by atoms with Gasteiger partial charge in [-0.2, -0.15) is 0 Å². The molecule has 0 bridgehead atoms. The smallest absolute Gasteiger partial charge is 0.207 e. The topological polar surface area (TPSA) is 0 Å². The number of halogens is 2. The van der Waals surface area contributed by atoms with Crippen molar-refractivity contribution in [3.8, 4) is 0 Å². The van der Waals surface area contributed by atoms with E-state index in [0.717, 1.165) is 6.92 Å². The standard InChI is InChI=1S/C6H12F2.C3H8/c1-5(2)4-6(3,7)8;1-3-2/h5H,4H2,1-3H3;3H2,1-2H3. The van der Waals surface area contributed by atoms with Crippen molar-refractivity contribution in [1.29, 1.82) is 0 Å². The zero-order valence-electron chi connectivity index (χ0n) is 8.25. The summed E-state index contributed by atoms with van der Waals surface area (Å²) >= 11 is 0. The summed E-state index contributed by atoms with van der Waals surface area (Å²) in [5, 5.41) is 0. The molecule has 70 valence electrons. The maximum absolute atomic E-state index is 12.0. The van der Waals surface area contributed by atoms with Crippen LogP contribution in [0.1, 0.15) is 47.5 Å². The normalized spacial score (nSPS) is 10.9. The fourth-order valence-electron chi connectivity index (χ4n) is 0.717. The Morgan fingerprint density at radius 2 is 1.45 bits per heavy atom. The first-order valence-corrected chi connectivity index (χ1v) is 4.21. The van der Waals surface area contributed by atoms with E-state index in [1.807, 2.05) is 0 Å². The monoisotopic (exact) mass is 166 g/mol. The summed E-state index contributed by atoms with van der Waals surface area (Å²) in [7, 11) is 0. The lowest BCUT2D eigenvalue weighted by Gasteiger charge is -2.11. The lowest BCUT2D eigenvalue weighted by Crippen LogP contribution is -2.12. The molecule has 0 heterocycles. The van der Waals surface area contributed by atoms with E-state index in [-0.39, 0.29) is 12.3 Å². The summed E-state index contributed by atoms with van der Waals surface area (Å²) in [4.78, 5) is 0. The molecule has 0 radical (unpaired) electrons. The highest BCUT2D eigenvalue weighted by Crippen LogP contribution is 2.21. The predicted molar refractivity (Wildman–Crippen MR) is 46.0 cm³/mol. The molecule has 2 heteroatoms. The van der Waals surface area contributed by atoms with Crippen molar-refractivity contribution in [3.05, 3.63) is 0 Å². The highest BCUT2D eigenvalue weighted by atomic mass is 19.3. The molecule has 0 aromatic heterocycles. The van der Waals surface area contributed by atoms with Crippen LogP contribution < -0.4 is 0 Å². The lowest BCUT2D eigenvalue weighted by atomic mass is 10.1. The largest absolute Gasteiger partial charge is 0.245 e. The van der Waals surface area contributed by atoms with Crippen LogP contribution in [0.5, 0.6) is 0 Å². The van der Waals surface area contributed by atoms with E-state index in [0.29, 0.717) is 0 Å². The highest BCUT2D eigenvalue weighted by Gasteiger charge is 2.21. The quantitative estimate of drug-likeness (QED) is 0.579. The molecule has 0 aromatic rings. The minimum Gasteiger partial charge on any atom is -0.207 e. The average molecular weight is 166 g/mol. The Bertz CT molecular complexity index is 72.1. The summed E-state index contributed by atoms with van der Waals surface area (Å²) in [6, 6.07) is 0. The Kier molecular flexibility index (Phi) is 8.02. The van der Waals surface area contributed by atoms with Crippen LogP contribution in [0.4, 0.5) is 8.78 Å². The van der Waals surface area contributed by atoms with E-state index in [1.54, 1.807) is 13.8 Å². The maximum Gasteiger partial charge on any atom is 0.245 e. The first-order chi connectivity index (χ1) is 4.83. The number of hydrogen-bond donors (Lipinski definition) is 0. The van der Waals surface area contributed by atoms with Crippen molar-refractivity contribution in [1.82, 2.24) is 0 Å². The van der Waals surface area contributed by atoms with Crippen LogP contribution in [0.25, 0.3) is 0 Å². The van der Waals surface area contributed by atoms with Gasteiger partial charge in [-0.25, -0.2) is 8.78 Å². The highest BCUT2D eigenvalue weighted by molar-refractivity contribution is 4.59. The van der Waals surface area contributed by atoms with Crippen molar-refractivity contribution >= 4 is 0 Å². The van der Waals surface area contributed by atoms with Gasteiger partial charge in [0, 0.05) is 6.42 Å². The predicted octanol–water partition coefficient (Wildman–Crippen LogP) is 4.10. The van der Waals surface area contributed by atoms with Gasteiger partial charge in [-0.05, 0) is 12.8 Å². The van der Waals surface area contributed by atoms with Gasteiger partial charge in [-0.3, -0.25) is 0 Å². The maximum atomic E-state index is 12.0. The van der Waals surface area contributed by atoms with E-state index in [4.69, 9.17) is 0 Å². The minimum absolute atomic E-state index is 0.00694. The van der Waals surface area contributed by atoms with E-state index in [2.05, 4.69) is 13.8 Å². The fraction of sp³-hybridized carbons (Fsp3) is 1.00. The van der Waals surface area contributed by atoms with Crippen LogP contribution >= 0.6 is 0 Å². The molecular formula is C9H20F2. The van der Waals surface area contributed by atoms with Gasteiger partial charge in [-0.15, -0.1) is 0 Å². The van der Waals surface area contributed by atoms with Crippen LogP contribution in [0.15, 0.2) is 0 Å². The Morgan fingerprint density at radius 3 is 1.45 bits per heavy atom. The summed E-state index contributed by atoms with van der Waals surface area (Å²) in [5.41, 5.74) is 0. The number of hydrogen-bond acceptors (Lipinski definition) is 0. The van der Waals surface area contributed by atoms with Crippen molar-refractivity contribution < 1.29 is 8.78 Å². The molecule has 0 amide bonds. The minimum atomic E-state index is -2.48. The van der Waals surface area contributed by atoms with Crippen LogP contribution in [0.2, 0.25) is 0 Å². The summed E-state index contributed by atoms with van der Waals surface area (Å²) in [5.74, 6) is -2.39. The van der Waals surface area contributed by atoms with Gasteiger partial charge in [0.25, 0.3) is 0 Å². The molecular weight excluding hydrogens is 146 g/mol. The molecule has 0 fully saturated rings. The SMILES string of the molecule is CC(C)CC(C)(F)F.CCC. The molecule has 0 unspecified atom stereocenters. The third kappa shape index (κ3) is 25.8. The molecule has 0 N–H and O–H groups in total. The van der Waals surface area contributed by atoms with Gasteiger partial charge in [-0.1, -0.05) is 34.1 Å². The second-order valence-corrected chi connectivity index (χ2v) is 3.38. The zero-order valence-corrected chi connectivity index (χ0v) is 8.25. The molecule has 0 saturated heterocycles. The zero-order chi connectivity index (χ0) is 9.49. The summed E-state index contributed by atoms with van der Waals surface area (Å²) < 4.78 is 23.9. The van der Waals surface area contributed by atoms with E-state index < -0.39 is 5.92 Å². The number of rotatable bonds is 2. The van der Waals surface area contributed by atoms with Crippen molar-refractivity contribution in [3.63, 3.8) is 0 Å². The molecule has 0 aliphatic heterocycles. The average Bonchev–Trinajstić information content (AvgIpc) is 1.57. The third-order valence-electron chi connectivity index (χ3n) is 0.767. The van der Waals surface area contributed by atoms with Crippen molar-refractivity contribution in [2.24, 2.45) is 5.92 Å². The van der Waals surface area contributed by atoms with Gasteiger partial charge >= 0.3 is 0 Å². The molecule has 11 heavy (non-hydrogen) atoms. The Balaban J connectivity index is 0. The van der Waals surface area contributed by atoms with Crippen LogP contribution in [-0.2, 0) is 0 Å².